The van der Waals surface area contributed by atoms with Crippen molar-refractivity contribution in [2.24, 2.45) is 0 Å². The Kier molecular flexibility index (Phi) is 15.3. The summed E-state index contributed by atoms with van der Waals surface area (Å²) in [5.41, 5.74) is 2.71. The summed E-state index contributed by atoms with van der Waals surface area (Å²) in [4.78, 5) is 0. The highest BCUT2D eigenvalue weighted by molar-refractivity contribution is 5.43. The summed E-state index contributed by atoms with van der Waals surface area (Å²) in [5.74, 6) is 1.73. The van der Waals surface area contributed by atoms with E-state index >= 15 is 0 Å². The average molecular weight is 543 g/mol. The molecule has 0 amide bonds. The predicted molar refractivity (Wildman–Crippen MR) is 156 cm³/mol. The van der Waals surface area contributed by atoms with Gasteiger partial charge in [-0.1, -0.05) is 82.1 Å². The molecule has 0 unspecified atom stereocenters. The minimum Gasteiger partial charge on any atom is -0.491 e. The van der Waals surface area contributed by atoms with Gasteiger partial charge < -0.3 is 28.8 Å². The van der Waals surface area contributed by atoms with Gasteiger partial charge >= 0.3 is 0 Å². The van der Waals surface area contributed by atoms with Crippen LogP contribution in [-0.4, -0.2) is 65.1 Å². The van der Waals surface area contributed by atoms with E-state index in [-0.39, 0.29) is 12.0 Å². The zero-order valence-corrected chi connectivity index (χ0v) is 24.0. The zero-order chi connectivity index (χ0) is 27.4. The van der Waals surface area contributed by atoms with E-state index in [0.717, 1.165) is 24.3 Å². The Balaban J connectivity index is 1.75. The Bertz CT molecular complexity index is 855. The third-order valence-electron chi connectivity index (χ3n) is 7.68. The van der Waals surface area contributed by atoms with Crippen LogP contribution < -0.4 is 9.47 Å². The quantitative estimate of drug-likeness (QED) is 0.253. The second kappa shape index (κ2) is 19.0. The Morgan fingerprint density at radius 2 is 0.949 bits per heavy atom. The van der Waals surface area contributed by atoms with Crippen LogP contribution in [0.3, 0.4) is 0 Å². The van der Waals surface area contributed by atoms with Crippen LogP contribution in [0.4, 0.5) is 0 Å². The van der Waals surface area contributed by atoms with E-state index < -0.39 is 0 Å². The number of methoxy groups -OCH3 is 1. The Hall–Kier alpha value is -2.12. The van der Waals surface area contributed by atoms with Gasteiger partial charge in [-0.2, -0.15) is 0 Å². The first kappa shape index (κ1) is 31.4. The zero-order valence-electron chi connectivity index (χ0n) is 24.0. The molecule has 1 saturated carbocycles. The Morgan fingerprint density at radius 1 is 0.538 bits per heavy atom. The monoisotopic (exact) mass is 542 g/mol. The maximum absolute atomic E-state index is 8.86. The van der Waals surface area contributed by atoms with Crippen molar-refractivity contribution < 1.29 is 28.8 Å². The molecule has 0 atom stereocenters. The molecule has 0 aromatic heterocycles. The van der Waals surface area contributed by atoms with Crippen LogP contribution in [0.5, 0.6) is 11.5 Å². The molecule has 0 spiro atoms. The number of hydrogen-bond acceptors (Lipinski definition) is 6. The lowest BCUT2D eigenvalue weighted by Gasteiger charge is -2.36. The van der Waals surface area contributed by atoms with Gasteiger partial charge in [0, 0.05) is 12.5 Å². The number of ether oxygens (including phenoxy) is 5. The van der Waals surface area contributed by atoms with Crippen LogP contribution in [0.2, 0.25) is 0 Å². The molecule has 3 rings (SSSR count). The fraction of sp³-hybridized carbons (Fsp3) is 0.636. The topological polar surface area (TPSA) is 66.4 Å². The summed E-state index contributed by atoms with van der Waals surface area (Å²) >= 11 is 0. The summed E-state index contributed by atoms with van der Waals surface area (Å²) in [6.45, 7) is 3.59. The molecular weight excluding hydrogens is 492 g/mol. The maximum Gasteiger partial charge on any atom is 0.119 e. The lowest BCUT2D eigenvalue weighted by molar-refractivity contribution is 0.0544. The highest BCUT2D eigenvalue weighted by Gasteiger charge is 2.33. The molecule has 1 N–H and O–H groups in total. The number of hydrogen-bond donors (Lipinski definition) is 1. The fourth-order valence-electron chi connectivity index (χ4n) is 5.55. The van der Waals surface area contributed by atoms with Crippen molar-refractivity contribution in [2.45, 2.75) is 76.0 Å². The van der Waals surface area contributed by atoms with Crippen LogP contribution in [-0.2, 0) is 19.6 Å². The molecular formula is C33H50O6. The molecule has 1 aliphatic carbocycles. The van der Waals surface area contributed by atoms with Crippen LogP contribution in [0.1, 0.15) is 81.8 Å². The minimum atomic E-state index is -0.0240. The van der Waals surface area contributed by atoms with Gasteiger partial charge in [-0.05, 0) is 48.2 Å². The van der Waals surface area contributed by atoms with Gasteiger partial charge in [0.05, 0.1) is 39.6 Å². The normalized spacial score (nSPS) is 16.7. The average Bonchev–Trinajstić information content (AvgIpc) is 2.96. The van der Waals surface area contributed by atoms with Crippen LogP contribution in [0.25, 0.3) is 0 Å². The van der Waals surface area contributed by atoms with Crippen molar-refractivity contribution >= 4 is 0 Å². The summed E-state index contributed by atoms with van der Waals surface area (Å²) in [6.07, 6.45) is 14.1. The van der Waals surface area contributed by atoms with Gasteiger partial charge in [0.1, 0.15) is 24.7 Å². The molecule has 0 radical (unpaired) electrons. The van der Waals surface area contributed by atoms with E-state index in [9.17, 15) is 0 Å². The first-order chi connectivity index (χ1) is 19.3. The van der Waals surface area contributed by atoms with Gasteiger partial charge in [-0.3, -0.25) is 0 Å². The molecule has 0 saturated heterocycles. The molecule has 0 aliphatic heterocycles. The van der Waals surface area contributed by atoms with Crippen molar-refractivity contribution in [2.75, 3.05) is 60.0 Å². The second-order valence-corrected chi connectivity index (χ2v) is 10.5. The largest absolute Gasteiger partial charge is 0.491 e. The SMILES string of the molecule is COCCOCCOc1ccc(C2(c3ccc(OCCOCCO)cc3)CCCCCCCCCCC2)cc1. The molecule has 0 bridgehead atoms. The van der Waals surface area contributed by atoms with Gasteiger partial charge in [0.25, 0.3) is 0 Å². The number of aliphatic hydroxyl groups excluding tert-OH is 1. The van der Waals surface area contributed by atoms with Crippen molar-refractivity contribution in [1.82, 2.24) is 0 Å². The van der Waals surface area contributed by atoms with Crippen molar-refractivity contribution in [3.8, 4) is 11.5 Å². The Morgan fingerprint density at radius 3 is 1.38 bits per heavy atom. The molecule has 6 heteroatoms. The van der Waals surface area contributed by atoms with E-state index in [1.807, 2.05) is 0 Å². The maximum atomic E-state index is 8.86. The van der Waals surface area contributed by atoms with Crippen LogP contribution >= 0.6 is 0 Å². The second-order valence-electron chi connectivity index (χ2n) is 10.5. The van der Waals surface area contributed by atoms with Gasteiger partial charge in [-0.25, -0.2) is 0 Å². The van der Waals surface area contributed by atoms with E-state index in [1.54, 1.807) is 7.11 Å². The third kappa shape index (κ3) is 11.1. The van der Waals surface area contributed by atoms with E-state index in [2.05, 4.69) is 48.5 Å². The minimum absolute atomic E-state index is 0.0240. The van der Waals surface area contributed by atoms with E-state index in [1.165, 1.54) is 68.9 Å². The molecule has 1 aliphatic rings. The highest BCUT2D eigenvalue weighted by atomic mass is 16.5. The molecule has 39 heavy (non-hydrogen) atoms. The highest BCUT2D eigenvalue weighted by Crippen LogP contribution is 2.43. The summed E-state index contributed by atoms with van der Waals surface area (Å²) in [5, 5.41) is 8.86. The molecule has 0 heterocycles. The van der Waals surface area contributed by atoms with E-state index in [4.69, 9.17) is 28.8 Å². The smallest absolute Gasteiger partial charge is 0.119 e. The van der Waals surface area contributed by atoms with Crippen LogP contribution in [0.15, 0.2) is 48.5 Å². The lowest BCUT2D eigenvalue weighted by atomic mass is 9.67. The van der Waals surface area contributed by atoms with Crippen molar-refractivity contribution in [3.05, 3.63) is 59.7 Å². The standard InChI is InChI=1S/C33H50O6/c1-35-23-24-37-26-28-39-32-17-13-30(14-18-32)33(19-9-7-5-3-2-4-6-8-10-20-33)29-11-15-31(16-12-29)38-27-25-36-22-21-34/h11-18,34H,2-10,19-28H2,1H3. The molecule has 218 valence electrons. The summed E-state index contributed by atoms with van der Waals surface area (Å²) < 4.78 is 27.7. The van der Waals surface area contributed by atoms with Gasteiger partial charge in [0.15, 0.2) is 0 Å². The van der Waals surface area contributed by atoms with Crippen molar-refractivity contribution in [3.63, 3.8) is 0 Å². The first-order valence-corrected chi connectivity index (χ1v) is 15.0. The number of rotatable bonds is 15. The fourth-order valence-corrected chi connectivity index (χ4v) is 5.55. The number of aliphatic hydroxyl groups is 1. The summed E-state index contributed by atoms with van der Waals surface area (Å²) in [6, 6.07) is 17.5. The first-order valence-electron chi connectivity index (χ1n) is 15.0. The molecule has 6 nitrogen and oxygen atoms in total. The number of benzene rings is 2. The Labute approximate surface area is 236 Å². The predicted octanol–water partition coefficient (Wildman–Crippen LogP) is 6.71. The van der Waals surface area contributed by atoms with Crippen LogP contribution in [0, 0.1) is 0 Å². The molecule has 2 aromatic rings. The summed E-state index contributed by atoms with van der Waals surface area (Å²) in [7, 11) is 1.68. The lowest BCUT2D eigenvalue weighted by Crippen LogP contribution is -2.28. The van der Waals surface area contributed by atoms with Gasteiger partial charge in [-0.15, -0.1) is 0 Å². The van der Waals surface area contributed by atoms with Crippen molar-refractivity contribution in [1.29, 1.82) is 0 Å². The van der Waals surface area contributed by atoms with Gasteiger partial charge in [0.2, 0.25) is 0 Å². The molecule has 1 fully saturated rings. The molecule has 2 aromatic carbocycles. The third-order valence-corrected chi connectivity index (χ3v) is 7.68. The van der Waals surface area contributed by atoms with E-state index in [0.29, 0.717) is 46.2 Å².